The monoisotopic (exact) mass is 292 g/mol. The Hall–Kier alpha value is -2.34. The van der Waals surface area contributed by atoms with E-state index in [4.69, 9.17) is 10.2 Å². The molecule has 3 rings (SSSR count). The van der Waals surface area contributed by atoms with Gasteiger partial charge in [0, 0.05) is 12.1 Å². The van der Waals surface area contributed by atoms with E-state index in [-0.39, 0.29) is 5.89 Å². The molecule has 0 amide bonds. The zero-order valence-electron chi connectivity index (χ0n) is 10.8. The number of halogens is 3. The van der Waals surface area contributed by atoms with Crippen LogP contribution in [-0.4, -0.2) is 4.98 Å². The summed E-state index contributed by atoms with van der Waals surface area (Å²) in [6.45, 7) is 0.316. The Labute approximate surface area is 118 Å². The van der Waals surface area contributed by atoms with Crippen LogP contribution in [0.5, 0.6) is 0 Å². The van der Waals surface area contributed by atoms with E-state index in [1.165, 1.54) is 12.1 Å². The normalized spacial score (nSPS) is 12.0. The average molecular weight is 292 g/mol. The molecule has 21 heavy (non-hydrogen) atoms. The van der Waals surface area contributed by atoms with Crippen LogP contribution in [0.25, 0.3) is 22.6 Å². The van der Waals surface area contributed by atoms with Gasteiger partial charge in [-0.2, -0.15) is 13.2 Å². The van der Waals surface area contributed by atoms with Crippen molar-refractivity contribution in [3.05, 3.63) is 53.6 Å². The van der Waals surface area contributed by atoms with Gasteiger partial charge in [0.15, 0.2) is 5.58 Å². The van der Waals surface area contributed by atoms with Gasteiger partial charge in [0.1, 0.15) is 5.52 Å². The van der Waals surface area contributed by atoms with E-state index in [2.05, 4.69) is 4.98 Å². The highest BCUT2D eigenvalue weighted by molar-refractivity contribution is 5.79. The Kier molecular flexibility index (Phi) is 3.17. The standard InChI is InChI=1S/C15H11F3N2O/c16-15(17,18)11-6-4-9(5-7-11)14-20-13-10(8-19)2-1-3-12(13)21-14/h1-7H,8,19H2. The van der Waals surface area contributed by atoms with Crippen molar-refractivity contribution in [1.82, 2.24) is 4.98 Å². The summed E-state index contributed by atoms with van der Waals surface area (Å²) in [6.07, 6.45) is -4.35. The van der Waals surface area contributed by atoms with Crippen molar-refractivity contribution in [2.75, 3.05) is 0 Å². The number of alkyl halides is 3. The lowest BCUT2D eigenvalue weighted by molar-refractivity contribution is -0.137. The van der Waals surface area contributed by atoms with Crippen LogP contribution in [-0.2, 0) is 12.7 Å². The molecule has 6 heteroatoms. The molecule has 0 bridgehead atoms. The van der Waals surface area contributed by atoms with Gasteiger partial charge in [-0.15, -0.1) is 0 Å². The first kappa shape index (κ1) is 13.6. The number of oxazole rings is 1. The molecule has 0 fully saturated rings. The lowest BCUT2D eigenvalue weighted by Crippen LogP contribution is -2.03. The Bertz CT molecular complexity index is 776. The summed E-state index contributed by atoms with van der Waals surface area (Å²) >= 11 is 0. The number of rotatable bonds is 2. The Morgan fingerprint density at radius 3 is 2.38 bits per heavy atom. The number of benzene rings is 2. The third-order valence-electron chi connectivity index (χ3n) is 3.18. The Morgan fingerprint density at radius 1 is 1.05 bits per heavy atom. The summed E-state index contributed by atoms with van der Waals surface area (Å²) in [6, 6.07) is 10.1. The summed E-state index contributed by atoms with van der Waals surface area (Å²) in [5, 5.41) is 0. The van der Waals surface area contributed by atoms with Gasteiger partial charge >= 0.3 is 6.18 Å². The van der Waals surface area contributed by atoms with E-state index in [1.807, 2.05) is 6.07 Å². The second-order valence-corrected chi connectivity index (χ2v) is 4.56. The van der Waals surface area contributed by atoms with E-state index >= 15 is 0 Å². The van der Waals surface area contributed by atoms with Crippen molar-refractivity contribution in [2.24, 2.45) is 5.73 Å². The second kappa shape index (κ2) is 4.89. The number of aromatic nitrogens is 1. The van der Waals surface area contributed by atoms with Gasteiger partial charge in [-0.05, 0) is 35.9 Å². The molecule has 0 saturated carbocycles. The summed E-state index contributed by atoms with van der Waals surface area (Å²) in [7, 11) is 0. The molecular formula is C15H11F3N2O. The van der Waals surface area contributed by atoms with Crippen LogP contribution < -0.4 is 5.73 Å². The third kappa shape index (κ3) is 2.50. The van der Waals surface area contributed by atoms with Crippen molar-refractivity contribution >= 4 is 11.1 Å². The number of nitrogens with two attached hydrogens (primary N) is 1. The molecule has 0 atom stereocenters. The first-order valence-electron chi connectivity index (χ1n) is 6.25. The first-order valence-corrected chi connectivity index (χ1v) is 6.25. The average Bonchev–Trinajstić information content (AvgIpc) is 2.90. The smallest absolute Gasteiger partial charge is 0.416 e. The van der Waals surface area contributed by atoms with Crippen LogP contribution in [0.2, 0.25) is 0 Å². The summed E-state index contributed by atoms with van der Waals surface area (Å²) < 4.78 is 43.2. The molecule has 3 aromatic rings. The quantitative estimate of drug-likeness (QED) is 0.777. The van der Waals surface area contributed by atoms with Crippen molar-refractivity contribution in [1.29, 1.82) is 0 Å². The van der Waals surface area contributed by atoms with E-state index in [9.17, 15) is 13.2 Å². The largest absolute Gasteiger partial charge is 0.436 e. The van der Waals surface area contributed by atoms with Crippen LogP contribution >= 0.6 is 0 Å². The van der Waals surface area contributed by atoms with Crippen LogP contribution in [0.15, 0.2) is 46.9 Å². The van der Waals surface area contributed by atoms with Crippen LogP contribution in [0.4, 0.5) is 13.2 Å². The fourth-order valence-electron chi connectivity index (χ4n) is 2.10. The van der Waals surface area contributed by atoms with Crippen molar-refractivity contribution in [3.8, 4) is 11.5 Å². The zero-order chi connectivity index (χ0) is 15.0. The maximum atomic E-state index is 12.5. The zero-order valence-corrected chi connectivity index (χ0v) is 10.8. The number of para-hydroxylation sites is 1. The topological polar surface area (TPSA) is 52.0 Å². The maximum Gasteiger partial charge on any atom is 0.416 e. The summed E-state index contributed by atoms with van der Waals surface area (Å²) in [5.74, 6) is 0.277. The van der Waals surface area contributed by atoms with Crippen LogP contribution in [0, 0.1) is 0 Å². The summed E-state index contributed by atoms with van der Waals surface area (Å²) in [5.41, 5.74) is 7.43. The van der Waals surface area contributed by atoms with Crippen molar-refractivity contribution in [2.45, 2.75) is 12.7 Å². The van der Waals surface area contributed by atoms with Gasteiger partial charge in [0.05, 0.1) is 5.56 Å². The molecule has 2 aromatic carbocycles. The van der Waals surface area contributed by atoms with E-state index in [0.29, 0.717) is 23.2 Å². The van der Waals surface area contributed by atoms with Gasteiger partial charge in [-0.1, -0.05) is 12.1 Å². The lowest BCUT2D eigenvalue weighted by Gasteiger charge is -2.05. The van der Waals surface area contributed by atoms with Gasteiger partial charge in [0.25, 0.3) is 0 Å². The predicted molar refractivity (Wildman–Crippen MR) is 72.3 cm³/mol. The summed E-state index contributed by atoms with van der Waals surface area (Å²) in [4.78, 5) is 4.32. The first-order chi connectivity index (χ1) is 9.99. The molecule has 1 heterocycles. The highest BCUT2D eigenvalue weighted by Gasteiger charge is 2.30. The Morgan fingerprint density at radius 2 is 1.76 bits per heavy atom. The minimum atomic E-state index is -4.35. The van der Waals surface area contributed by atoms with Crippen molar-refractivity contribution in [3.63, 3.8) is 0 Å². The van der Waals surface area contributed by atoms with Crippen LogP contribution in [0.1, 0.15) is 11.1 Å². The fraction of sp³-hybridized carbons (Fsp3) is 0.133. The van der Waals surface area contributed by atoms with Crippen LogP contribution in [0.3, 0.4) is 0 Å². The molecule has 0 radical (unpaired) electrons. The maximum absolute atomic E-state index is 12.5. The van der Waals surface area contributed by atoms with E-state index in [0.717, 1.165) is 17.7 Å². The van der Waals surface area contributed by atoms with Gasteiger partial charge in [0.2, 0.25) is 5.89 Å². The fourth-order valence-corrected chi connectivity index (χ4v) is 2.10. The predicted octanol–water partition coefficient (Wildman–Crippen LogP) is 3.97. The van der Waals surface area contributed by atoms with Gasteiger partial charge < -0.3 is 10.2 Å². The van der Waals surface area contributed by atoms with E-state index < -0.39 is 11.7 Å². The number of fused-ring (bicyclic) bond motifs is 1. The highest BCUT2D eigenvalue weighted by atomic mass is 19.4. The minimum absolute atomic E-state index is 0.277. The SMILES string of the molecule is NCc1cccc2oc(-c3ccc(C(F)(F)F)cc3)nc12. The molecule has 0 aliphatic rings. The Balaban J connectivity index is 2.04. The van der Waals surface area contributed by atoms with E-state index in [1.54, 1.807) is 12.1 Å². The lowest BCUT2D eigenvalue weighted by atomic mass is 10.1. The third-order valence-corrected chi connectivity index (χ3v) is 3.18. The molecule has 0 unspecified atom stereocenters. The molecule has 0 spiro atoms. The molecular weight excluding hydrogens is 281 g/mol. The highest BCUT2D eigenvalue weighted by Crippen LogP contribution is 2.32. The second-order valence-electron chi connectivity index (χ2n) is 4.56. The van der Waals surface area contributed by atoms with Crippen molar-refractivity contribution < 1.29 is 17.6 Å². The number of nitrogens with zero attached hydrogens (tertiary/aromatic N) is 1. The molecule has 1 aromatic heterocycles. The number of hydrogen-bond donors (Lipinski definition) is 1. The molecule has 3 nitrogen and oxygen atoms in total. The molecule has 0 aliphatic carbocycles. The van der Waals surface area contributed by atoms with Gasteiger partial charge in [-0.3, -0.25) is 0 Å². The van der Waals surface area contributed by atoms with Gasteiger partial charge in [-0.25, -0.2) is 4.98 Å². The number of hydrogen-bond acceptors (Lipinski definition) is 3. The molecule has 0 aliphatic heterocycles. The molecule has 2 N–H and O–H groups in total. The molecule has 0 saturated heterocycles. The minimum Gasteiger partial charge on any atom is -0.436 e. The molecule has 108 valence electrons.